The standard InChI is InChI=1S/C11H14/c1-4-6-7-8-9-10-11(3)5-2/h4-5,7-10H,1-3,6H2. The van der Waals surface area contributed by atoms with Gasteiger partial charge in [0.05, 0.1) is 0 Å². The van der Waals surface area contributed by atoms with Gasteiger partial charge in [-0.15, -0.1) is 6.58 Å². The Bertz CT molecular complexity index is 192. The van der Waals surface area contributed by atoms with Gasteiger partial charge in [0.2, 0.25) is 0 Å². The second kappa shape index (κ2) is 6.81. The molecule has 0 amide bonds. The lowest BCUT2D eigenvalue weighted by atomic mass is 10.2. The van der Waals surface area contributed by atoms with Crippen LogP contribution in [0, 0.1) is 0 Å². The summed E-state index contributed by atoms with van der Waals surface area (Å²) >= 11 is 0. The molecule has 0 aliphatic rings. The largest absolute Gasteiger partial charge is 0.103 e. The Morgan fingerprint density at radius 2 is 1.91 bits per heavy atom. The van der Waals surface area contributed by atoms with Crippen molar-refractivity contribution in [2.45, 2.75) is 6.42 Å². The average molecular weight is 146 g/mol. The maximum atomic E-state index is 3.73. The Labute approximate surface area is 68.9 Å². The van der Waals surface area contributed by atoms with Gasteiger partial charge >= 0.3 is 0 Å². The summed E-state index contributed by atoms with van der Waals surface area (Å²) in [5, 5.41) is 0. The van der Waals surface area contributed by atoms with Crippen LogP contribution in [0.2, 0.25) is 0 Å². The zero-order valence-electron chi connectivity index (χ0n) is 6.79. The second-order valence-electron chi connectivity index (χ2n) is 2.09. The maximum Gasteiger partial charge on any atom is -0.0169 e. The highest BCUT2D eigenvalue weighted by molar-refractivity contribution is 5.27. The van der Waals surface area contributed by atoms with Gasteiger partial charge in [0.25, 0.3) is 0 Å². The van der Waals surface area contributed by atoms with Crippen molar-refractivity contribution >= 4 is 0 Å². The van der Waals surface area contributed by atoms with Gasteiger partial charge in [-0.3, -0.25) is 0 Å². The molecule has 0 unspecified atom stereocenters. The normalized spacial score (nSPS) is 10.5. The van der Waals surface area contributed by atoms with E-state index in [-0.39, 0.29) is 0 Å². The first kappa shape index (κ1) is 9.70. The first-order valence-electron chi connectivity index (χ1n) is 3.56. The van der Waals surface area contributed by atoms with Crippen LogP contribution in [0.4, 0.5) is 0 Å². The zero-order valence-corrected chi connectivity index (χ0v) is 6.79. The van der Waals surface area contributed by atoms with Crippen molar-refractivity contribution in [2.75, 3.05) is 0 Å². The summed E-state index contributed by atoms with van der Waals surface area (Å²) in [5.41, 5.74) is 0.924. The van der Waals surface area contributed by atoms with E-state index < -0.39 is 0 Å². The lowest BCUT2D eigenvalue weighted by Gasteiger charge is -1.82. The van der Waals surface area contributed by atoms with Crippen molar-refractivity contribution in [3.8, 4) is 0 Å². The Kier molecular flexibility index (Phi) is 6.01. The fourth-order valence-electron chi connectivity index (χ4n) is 0.501. The first-order chi connectivity index (χ1) is 5.31. The molecule has 0 nitrogen and oxygen atoms in total. The summed E-state index contributed by atoms with van der Waals surface area (Å²) in [4.78, 5) is 0. The summed E-state index contributed by atoms with van der Waals surface area (Å²) in [6.45, 7) is 10.9. The minimum atomic E-state index is 0.908. The molecule has 0 bridgehead atoms. The summed E-state index contributed by atoms with van der Waals surface area (Å²) in [6.07, 6.45) is 12.3. The molecule has 58 valence electrons. The monoisotopic (exact) mass is 146 g/mol. The van der Waals surface area contributed by atoms with Gasteiger partial charge in [0.1, 0.15) is 0 Å². The molecule has 0 heteroatoms. The lowest BCUT2D eigenvalue weighted by Crippen LogP contribution is -1.61. The third kappa shape index (κ3) is 6.59. The minimum Gasteiger partial charge on any atom is -0.103 e. The molecule has 0 aliphatic heterocycles. The van der Waals surface area contributed by atoms with Gasteiger partial charge in [0, 0.05) is 0 Å². The molecule has 0 heterocycles. The van der Waals surface area contributed by atoms with Crippen LogP contribution in [0.25, 0.3) is 0 Å². The first-order valence-corrected chi connectivity index (χ1v) is 3.56. The Morgan fingerprint density at radius 3 is 2.45 bits per heavy atom. The van der Waals surface area contributed by atoms with Crippen molar-refractivity contribution < 1.29 is 0 Å². The molecule has 0 aromatic heterocycles. The summed E-state index contributed by atoms with van der Waals surface area (Å²) < 4.78 is 0. The van der Waals surface area contributed by atoms with Crippen LogP contribution in [-0.4, -0.2) is 0 Å². The highest BCUT2D eigenvalue weighted by Crippen LogP contribution is 1.93. The summed E-state index contributed by atoms with van der Waals surface area (Å²) in [7, 11) is 0. The Morgan fingerprint density at radius 1 is 1.18 bits per heavy atom. The fraction of sp³-hybridized carbons (Fsp3) is 0.0909. The van der Waals surface area contributed by atoms with Gasteiger partial charge in [-0.2, -0.15) is 0 Å². The molecule has 0 saturated carbocycles. The molecule has 0 fully saturated rings. The van der Waals surface area contributed by atoms with Crippen LogP contribution in [0.5, 0.6) is 0 Å². The molecule has 0 saturated heterocycles. The quantitative estimate of drug-likeness (QED) is 0.412. The van der Waals surface area contributed by atoms with Crippen molar-refractivity contribution in [3.63, 3.8) is 0 Å². The third-order valence-electron chi connectivity index (χ3n) is 1.12. The van der Waals surface area contributed by atoms with Crippen molar-refractivity contribution in [2.24, 2.45) is 0 Å². The van der Waals surface area contributed by atoms with Crippen molar-refractivity contribution in [1.29, 1.82) is 0 Å². The van der Waals surface area contributed by atoms with E-state index in [9.17, 15) is 0 Å². The molecule has 0 radical (unpaired) electrons. The van der Waals surface area contributed by atoms with Crippen molar-refractivity contribution in [1.82, 2.24) is 0 Å². The van der Waals surface area contributed by atoms with E-state index in [0.717, 1.165) is 12.0 Å². The molecule has 0 atom stereocenters. The number of hydrogen-bond acceptors (Lipinski definition) is 0. The van der Waals surface area contributed by atoms with Crippen LogP contribution in [-0.2, 0) is 0 Å². The van der Waals surface area contributed by atoms with Crippen LogP contribution >= 0.6 is 0 Å². The molecule has 0 aromatic carbocycles. The van der Waals surface area contributed by atoms with Crippen LogP contribution in [0.3, 0.4) is 0 Å². The number of hydrogen-bond donors (Lipinski definition) is 0. The highest BCUT2D eigenvalue weighted by Gasteiger charge is 1.72. The van der Waals surface area contributed by atoms with E-state index in [1.165, 1.54) is 0 Å². The Hall–Kier alpha value is -1.30. The summed E-state index contributed by atoms with van der Waals surface area (Å²) in [6, 6.07) is 0. The van der Waals surface area contributed by atoms with E-state index in [1.54, 1.807) is 6.08 Å². The average Bonchev–Trinajstić information content (AvgIpc) is 2.04. The topological polar surface area (TPSA) is 0 Å². The second-order valence-corrected chi connectivity index (χ2v) is 2.09. The van der Waals surface area contributed by atoms with Gasteiger partial charge in [-0.25, -0.2) is 0 Å². The van der Waals surface area contributed by atoms with Crippen LogP contribution in [0.1, 0.15) is 6.42 Å². The number of allylic oxidation sites excluding steroid dienone is 7. The third-order valence-corrected chi connectivity index (χ3v) is 1.12. The van der Waals surface area contributed by atoms with E-state index in [0.29, 0.717) is 0 Å². The highest BCUT2D eigenvalue weighted by atomic mass is 13.8. The van der Waals surface area contributed by atoms with Crippen molar-refractivity contribution in [3.05, 3.63) is 61.8 Å². The van der Waals surface area contributed by atoms with Gasteiger partial charge in [-0.1, -0.05) is 49.6 Å². The molecule has 0 aliphatic carbocycles. The molecule has 0 N–H and O–H groups in total. The predicted octanol–water partition coefficient (Wildman–Crippen LogP) is 3.42. The van der Waals surface area contributed by atoms with E-state index in [1.807, 2.05) is 30.4 Å². The lowest BCUT2D eigenvalue weighted by molar-refractivity contribution is 1.41. The molecular weight excluding hydrogens is 132 g/mol. The molecule has 0 aromatic rings. The number of rotatable bonds is 5. The van der Waals surface area contributed by atoms with E-state index in [4.69, 9.17) is 0 Å². The smallest absolute Gasteiger partial charge is 0.0169 e. The van der Waals surface area contributed by atoms with Gasteiger partial charge < -0.3 is 0 Å². The predicted molar refractivity (Wildman–Crippen MR) is 52.4 cm³/mol. The fourth-order valence-corrected chi connectivity index (χ4v) is 0.501. The molecule has 0 rings (SSSR count). The van der Waals surface area contributed by atoms with E-state index in [2.05, 4.69) is 19.7 Å². The van der Waals surface area contributed by atoms with Crippen LogP contribution < -0.4 is 0 Å². The van der Waals surface area contributed by atoms with Crippen LogP contribution in [0.15, 0.2) is 61.8 Å². The minimum absolute atomic E-state index is 0.908. The molecule has 0 spiro atoms. The molecular formula is C11H14. The Balaban J connectivity index is 3.67. The summed E-state index contributed by atoms with van der Waals surface area (Å²) in [5.74, 6) is 0. The zero-order chi connectivity index (χ0) is 8.53. The SMILES string of the molecule is C=CCC=CC=CC(=C)C=C. The van der Waals surface area contributed by atoms with Gasteiger partial charge in [-0.05, 0) is 12.0 Å². The van der Waals surface area contributed by atoms with Gasteiger partial charge in [0.15, 0.2) is 0 Å². The van der Waals surface area contributed by atoms with E-state index >= 15 is 0 Å². The maximum absolute atomic E-state index is 3.73. The molecule has 11 heavy (non-hydrogen) atoms.